The van der Waals surface area contributed by atoms with Gasteiger partial charge in [0, 0.05) is 0 Å². The van der Waals surface area contributed by atoms with Crippen molar-refractivity contribution in [1.29, 1.82) is 0 Å². The highest BCUT2D eigenvalue weighted by molar-refractivity contribution is 7.05. The Morgan fingerprint density at radius 2 is 2.20 bits per heavy atom. The number of aliphatic hydroxyl groups is 1. The third-order valence-corrected chi connectivity index (χ3v) is 4.32. The molecule has 1 N–H and O–H groups in total. The van der Waals surface area contributed by atoms with Gasteiger partial charge in [0.25, 0.3) is 0 Å². The molecule has 0 spiro atoms. The minimum atomic E-state index is -0.331. The second kappa shape index (κ2) is 5.03. The first-order valence-electron chi connectivity index (χ1n) is 5.76. The van der Waals surface area contributed by atoms with Crippen molar-refractivity contribution in [2.75, 3.05) is 0 Å². The average molecular weight is 226 g/mol. The van der Waals surface area contributed by atoms with Crippen LogP contribution in [0.2, 0.25) is 0 Å². The lowest BCUT2D eigenvalue weighted by Crippen LogP contribution is -2.19. The number of aliphatic hydroxyl groups excluding tert-OH is 1. The highest BCUT2D eigenvalue weighted by atomic mass is 32.1. The Kier molecular flexibility index (Phi) is 3.70. The number of aromatic nitrogens is 2. The number of hydrogen-bond acceptors (Lipinski definition) is 4. The zero-order valence-corrected chi connectivity index (χ0v) is 9.91. The highest BCUT2D eigenvalue weighted by Gasteiger charge is 2.27. The van der Waals surface area contributed by atoms with E-state index in [1.807, 2.05) is 0 Å². The van der Waals surface area contributed by atoms with Crippen LogP contribution in [0.5, 0.6) is 0 Å². The van der Waals surface area contributed by atoms with Crippen molar-refractivity contribution in [3.8, 4) is 0 Å². The molecule has 0 aliphatic heterocycles. The maximum absolute atomic E-state index is 10.1. The van der Waals surface area contributed by atoms with Gasteiger partial charge in [0.1, 0.15) is 0 Å². The lowest BCUT2D eigenvalue weighted by molar-refractivity contribution is 0.0756. The van der Waals surface area contributed by atoms with Crippen molar-refractivity contribution >= 4 is 11.5 Å². The summed E-state index contributed by atoms with van der Waals surface area (Å²) in [6, 6.07) is 0. The minimum Gasteiger partial charge on any atom is -0.387 e. The van der Waals surface area contributed by atoms with E-state index in [9.17, 15) is 5.11 Å². The quantitative estimate of drug-likeness (QED) is 0.862. The highest BCUT2D eigenvalue weighted by Crippen LogP contribution is 2.38. The molecule has 0 saturated heterocycles. The summed E-state index contributed by atoms with van der Waals surface area (Å²) in [5.74, 6) is 1.31. The van der Waals surface area contributed by atoms with Crippen LogP contribution in [-0.2, 0) is 0 Å². The van der Waals surface area contributed by atoms with Gasteiger partial charge in [0.15, 0.2) is 0 Å². The summed E-state index contributed by atoms with van der Waals surface area (Å²) < 4.78 is 3.80. The molecule has 0 radical (unpaired) electrons. The van der Waals surface area contributed by atoms with Gasteiger partial charge in [-0.05, 0) is 36.2 Å². The van der Waals surface area contributed by atoms with Gasteiger partial charge in [-0.15, -0.1) is 5.10 Å². The topological polar surface area (TPSA) is 46.0 Å². The van der Waals surface area contributed by atoms with Crippen molar-refractivity contribution < 1.29 is 5.11 Å². The van der Waals surface area contributed by atoms with E-state index < -0.39 is 0 Å². The molecule has 1 fully saturated rings. The van der Waals surface area contributed by atoms with Crippen LogP contribution < -0.4 is 0 Å². The fourth-order valence-electron chi connectivity index (χ4n) is 2.45. The van der Waals surface area contributed by atoms with E-state index in [2.05, 4.69) is 16.5 Å². The van der Waals surface area contributed by atoms with Gasteiger partial charge in [-0.1, -0.05) is 30.7 Å². The molecule has 1 unspecified atom stereocenters. The van der Waals surface area contributed by atoms with Crippen molar-refractivity contribution in [2.45, 2.75) is 45.1 Å². The van der Waals surface area contributed by atoms with Crippen molar-refractivity contribution in [2.24, 2.45) is 11.8 Å². The Bertz CT molecular complexity index is 281. The van der Waals surface area contributed by atoms with Crippen LogP contribution in [-0.4, -0.2) is 14.7 Å². The molecule has 1 saturated carbocycles. The smallest absolute Gasteiger partial charge is 0.0942 e. The molecule has 1 aromatic heterocycles. The van der Waals surface area contributed by atoms with Crippen LogP contribution in [0.1, 0.15) is 50.0 Å². The first kappa shape index (κ1) is 11.0. The van der Waals surface area contributed by atoms with Crippen LogP contribution >= 0.6 is 11.5 Å². The molecule has 15 heavy (non-hydrogen) atoms. The normalized spacial score (nSPS) is 28.9. The van der Waals surface area contributed by atoms with E-state index in [0.717, 1.165) is 23.6 Å². The first-order valence-corrected chi connectivity index (χ1v) is 6.54. The second-order valence-corrected chi connectivity index (χ2v) is 5.27. The summed E-state index contributed by atoms with van der Waals surface area (Å²) in [5.41, 5.74) is 0. The first-order chi connectivity index (χ1) is 7.31. The van der Waals surface area contributed by atoms with Gasteiger partial charge in [-0.25, -0.2) is 0 Å². The molecule has 0 amide bonds. The summed E-state index contributed by atoms with van der Waals surface area (Å²) in [5, 5.41) is 13.9. The van der Waals surface area contributed by atoms with Gasteiger partial charge in [-0.2, -0.15) is 0 Å². The van der Waals surface area contributed by atoms with E-state index in [-0.39, 0.29) is 6.10 Å². The van der Waals surface area contributed by atoms with Gasteiger partial charge in [-0.3, -0.25) is 0 Å². The zero-order chi connectivity index (χ0) is 10.7. The van der Waals surface area contributed by atoms with Crippen molar-refractivity contribution in [1.82, 2.24) is 9.59 Å². The monoisotopic (exact) mass is 226 g/mol. The van der Waals surface area contributed by atoms with E-state index in [4.69, 9.17) is 0 Å². The van der Waals surface area contributed by atoms with Gasteiger partial charge in [0.05, 0.1) is 17.2 Å². The Morgan fingerprint density at radius 3 is 2.73 bits per heavy atom. The third kappa shape index (κ3) is 2.55. The molecule has 4 heteroatoms. The second-order valence-electron chi connectivity index (χ2n) is 4.45. The minimum absolute atomic E-state index is 0.331. The Morgan fingerprint density at radius 1 is 1.47 bits per heavy atom. The SMILES string of the molecule is CCC1CCC(C(O)c2cnns2)CC1. The van der Waals surface area contributed by atoms with Crippen LogP contribution in [0.3, 0.4) is 0 Å². The fraction of sp³-hybridized carbons (Fsp3) is 0.818. The summed E-state index contributed by atoms with van der Waals surface area (Å²) in [7, 11) is 0. The summed E-state index contributed by atoms with van der Waals surface area (Å²) in [6.45, 7) is 2.26. The Labute approximate surface area is 94.7 Å². The Balaban J connectivity index is 1.90. The number of hydrogen-bond donors (Lipinski definition) is 1. The fourth-order valence-corrected chi connectivity index (χ4v) is 3.03. The molecule has 1 heterocycles. The molecule has 1 aromatic rings. The summed E-state index contributed by atoms with van der Waals surface area (Å²) in [4.78, 5) is 0.926. The number of nitrogens with zero attached hydrogens (tertiary/aromatic N) is 2. The molecular weight excluding hydrogens is 208 g/mol. The van der Waals surface area contributed by atoms with Crippen LogP contribution in [0, 0.1) is 11.8 Å². The van der Waals surface area contributed by atoms with Crippen LogP contribution in [0.4, 0.5) is 0 Å². The average Bonchev–Trinajstić information content (AvgIpc) is 2.82. The molecular formula is C11H18N2OS. The molecule has 3 nitrogen and oxygen atoms in total. The predicted octanol–water partition coefficient (Wildman–Crippen LogP) is 2.79. The van der Waals surface area contributed by atoms with E-state index >= 15 is 0 Å². The van der Waals surface area contributed by atoms with Gasteiger partial charge in [0.2, 0.25) is 0 Å². The van der Waals surface area contributed by atoms with E-state index in [0.29, 0.717) is 5.92 Å². The Hall–Kier alpha value is -0.480. The molecule has 1 aliphatic rings. The lowest BCUT2D eigenvalue weighted by atomic mass is 9.78. The van der Waals surface area contributed by atoms with Gasteiger partial charge >= 0.3 is 0 Å². The van der Waals surface area contributed by atoms with Crippen molar-refractivity contribution in [3.05, 3.63) is 11.1 Å². The number of rotatable bonds is 3. The van der Waals surface area contributed by atoms with Crippen molar-refractivity contribution in [3.63, 3.8) is 0 Å². The molecule has 0 aromatic carbocycles. The predicted molar refractivity (Wildman–Crippen MR) is 60.6 cm³/mol. The van der Waals surface area contributed by atoms with Gasteiger partial charge < -0.3 is 5.11 Å². The van der Waals surface area contributed by atoms with Crippen LogP contribution in [0.25, 0.3) is 0 Å². The zero-order valence-electron chi connectivity index (χ0n) is 9.09. The lowest BCUT2D eigenvalue weighted by Gasteiger charge is -2.30. The van der Waals surface area contributed by atoms with Crippen LogP contribution in [0.15, 0.2) is 6.20 Å². The molecule has 1 aliphatic carbocycles. The summed E-state index contributed by atoms with van der Waals surface area (Å²) in [6.07, 6.45) is 7.48. The maximum Gasteiger partial charge on any atom is 0.0942 e. The standard InChI is InChI=1S/C11H18N2OS/c1-2-8-3-5-9(6-4-8)11(14)10-7-12-13-15-10/h7-9,11,14H,2-6H2,1H3. The molecule has 0 bridgehead atoms. The van der Waals surface area contributed by atoms with E-state index in [1.54, 1.807) is 6.20 Å². The molecule has 1 atom stereocenters. The maximum atomic E-state index is 10.1. The largest absolute Gasteiger partial charge is 0.387 e. The van der Waals surface area contributed by atoms with E-state index in [1.165, 1.54) is 30.8 Å². The third-order valence-electron chi connectivity index (χ3n) is 3.59. The molecule has 2 rings (SSSR count). The molecule has 84 valence electrons. The summed E-state index contributed by atoms with van der Waals surface area (Å²) >= 11 is 1.32.